The van der Waals surface area contributed by atoms with Gasteiger partial charge in [0.25, 0.3) is 0 Å². The first-order chi connectivity index (χ1) is 8.02. The lowest BCUT2D eigenvalue weighted by Crippen LogP contribution is -2.62. The highest BCUT2D eigenvalue weighted by molar-refractivity contribution is 5.77. The minimum atomic E-state index is -0.636. The largest absolute Gasteiger partial charge is 0.386 e. The number of aliphatic hydroxyl groups is 1. The Hall–Kier alpha value is -0.610. The van der Waals surface area contributed by atoms with Gasteiger partial charge >= 0.3 is 0 Å². The third kappa shape index (κ3) is 2.33. The number of hydrogen-bond acceptors (Lipinski definition) is 3. The van der Waals surface area contributed by atoms with E-state index >= 15 is 0 Å². The maximum atomic E-state index is 12.0. The standard InChI is InChI=1S/C13H22N2O2/c1-13(17)7-15(8-13)12(16)6-9-4-10-2-3-11(5-9)14-10/h9-11,14,17H,2-8H2,1H3. The lowest BCUT2D eigenvalue weighted by atomic mass is 9.88. The van der Waals surface area contributed by atoms with E-state index in [0.717, 1.165) is 12.8 Å². The number of piperidine rings is 1. The highest BCUT2D eigenvalue weighted by Gasteiger charge is 2.41. The van der Waals surface area contributed by atoms with E-state index in [9.17, 15) is 9.90 Å². The minimum Gasteiger partial charge on any atom is -0.386 e. The first-order valence-electron chi connectivity index (χ1n) is 6.78. The number of hydrogen-bond donors (Lipinski definition) is 2. The number of fused-ring (bicyclic) bond motifs is 2. The molecule has 3 aliphatic heterocycles. The zero-order valence-corrected chi connectivity index (χ0v) is 10.5. The first-order valence-corrected chi connectivity index (χ1v) is 6.78. The third-order valence-corrected chi connectivity index (χ3v) is 4.45. The summed E-state index contributed by atoms with van der Waals surface area (Å²) in [5.74, 6) is 0.801. The Morgan fingerprint density at radius 2 is 1.94 bits per heavy atom. The van der Waals surface area contributed by atoms with Crippen LogP contribution in [-0.4, -0.2) is 46.7 Å². The molecule has 2 bridgehead atoms. The summed E-state index contributed by atoms with van der Waals surface area (Å²) in [4.78, 5) is 13.8. The SMILES string of the molecule is CC1(O)CN(C(=O)CC2CC3CCC(C2)N3)C1. The summed E-state index contributed by atoms with van der Waals surface area (Å²) in [6, 6.07) is 1.32. The van der Waals surface area contributed by atoms with Gasteiger partial charge in [0.05, 0.1) is 18.7 Å². The Kier molecular flexibility index (Phi) is 2.67. The molecule has 3 saturated heterocycles. The van der Waals surface area contributed by atoms with Crippen molar-refractivity contribution in [1.82, 2.24) is 10.2 Å². The molecule has 0 radical (unpaired) electrons. The summed E-state index contributed by atoms with van der Waals surface area (Å²) < 4.78 is 0. The van der Waals surface area contributed by atoms with Crippen molar-refractivity contribution < 1.29 is 9.90 Å². The Labute approximate surface area is 102 Å². The van der Waals surface area contributed by atoms with Crippen LogP contribution in [0.25, 0.3) is 0 Å². The van der Waals surface area contributed by atoms with Crippen LogP contribution >= 0.6 is 0 Å². The molecule has 3 fully saturated rings. The van der Waals surface area contributed by atoms with Gasteiger partial charge < -0.3 is 15.3 Å². The van der Waals surface area contributed by atoms with Crippen molar-refractivity contribution >= 4 is 5.91 Å². The van der Waals surface area contributed by atoms with E-state index in [4.69, 9.17) is 0 Å². The fourth-order valence-electron chi connectivity index (χ4n) is 3.67. The topological polar surface area (TPSA) is 52.6 Å². The Bertz CT molecular complexity index is 309. The van der Waals surface area contributed by atoms with Crippen LogP contribution in [0, 0.1) is 5.92 Å². The number of rotatable bonds is 2. The molecule has 0 spiro atoms. The van der Waals surface area contributed by atoms with Crippen LogP contribution < -0.4 is 5.32 Å². The second kappa shape index (κ2) is 3.95. The quantitative estimate of drug-likeness (QED) is 0.736. The van der Waals surface area contributed by atoms with Crippen molar-refractivity contribution in [3.05, 3.63) is 0 Å². The molecule has 4 heteroatoms. The predicted molar refractivity (Wildman–Crippen MR) is 64.5 cm³/mol. The van der Waals surface area contributed by atoms with Crippen LogP contribution in [0.15, 0.2) is 0 Å². The third-order valence-electron chi connectivity index (χ3n) is 4.45. The summed E-state index contributed by atoms with van der Waals surface area (Å²) in [6.07, 6.45) is 5.57. The van der Waals surface area contributed by atoms with Crippen LogP contribution in [0.1, 0.15) is 39.0 Å². The summed E-state index contributed by atoms with van der Waals surface area (Å²) in [5, 5.41) is 13.2. The zero-order valence-electron chi connectivity index (χ0n) is 10.5. The van der Waals surface area contributed by atoms with Crippen molar-refractivity contribution in [1.29, 1.82) is 0 Å². The van der Waals surface area contributed by atoms with Crippen LogP contribution in [0.4, 0.5) is 0 Å². The molecule has 0 aromatic rings. The molecule has 2 unspecified atom stereocenters. The van der Waals surface area contributed by atoms with E-state index in [1.165, 1.54) is 12.8 Å². The molecule has 2 N–H and O–H groups in total. The smallest absolute Gasteiger partial charge is 0.223 e. The number of carbonyl (C=O) groups excluding carboxylic acids is 1. The molecule has 96 valence electrons. The van der Waals surface area contributed by atoms with E-state index < -0.39 is 5.60 Å². The van der Waals surface area contributed by atoms with Crippen molar-refractivity contribution in [2.45, 2.75) is 56.7 Å². The van der Waals surface area contributed by atoms with Crippen molar-refractivity contribution in [2.24, 2.45) is 5.92 Å². The lowest BCUT2D eigenvalue weighted by Gasteiger charge is -2.45. The van der Waals surface area contributed by atoms with Crippen molar-refractivity contribution in [3.8, 4) is 0 Å². The molecule has 0 aliphatic carbocycles. The highest BCUT2D eigenvalue weighted by atomic mass is 16.3. The van der Waals surface area contributed by atoms with Gasteiger partial charge in [-0.05, 0) is 38.5 Å². The van der Waals surface area contributed by atoms with Gasteiger partial charge in [0.2, 0.25) is 5.91 Å². The molecule has 0 aromatic heterocycles. The van der Waals surface area contributed by atoms with Crippen LogP contribution in [0.5, 0.6) is 0 Å². The number of nitrogens with zero attached hydrogens (tertiary/aromatic N) is 1. The molecular weight excluding hydrogens is 216 g/mol. The summed E-state index contributed by atoms with van der Waals surface area (Å²) in [5.41, 5.74) is -0.636. The summed E-state index contributed by atoms with van der Waals surface area (Å²) in [7, 11) is 0. The van der Waals surface area contributed by atoms with Crippen molar-refractivity contribution in [3.63, 3.8) is 0 Å². The molecule has 3 rings (SSSR count). The van der Waals surface area contributed by atoms with Gasteiger partial charge in [-0.15, -0.1) is 0 Å². The van der Waals surface area contributed by atoms with E-state index in [2.05, 4.69) is 5.32 Å². The van der Waals surface area contributed by atoms with E-state index in [1.54, 1.807) is 11.8 Å². The molecule has 3 heterocycles. The van der Waals surface area contributed by atoms with Crippen molar-refractivity contribution in [2.75, 3.05) is 13.1 Å². The van der Waals surface area contributed by atoms with Gasteiger partial charge in [-0.1, -0.05) is 0 Å². The lowest BCUT2D eigenvalue weighted by molar-refractivity contribution is -0.153. The number of likely N-dealkylation sites (tertiary alicyclic amines) is 1. The number of carbonyl (C=O) groups is 1. The predicted octanol–water partition coefficient (Wildman–Crippen LogP) is 0.500. The normalized spacial score (nSPS) is 38.9. The number of amides is 1. The molecule has 0 saturated carbocycles. The fourth-order valence-corrected chi connectivity index (χ4v) is 3.67. The number of nitrogens with one attached hydrogen (secondary N) is 1. The number of β-amino-alcohol motifs (C(OH)–C–C–N with tert-alkyl or cyclic N) is 1. The molecular formula is C13H22N2O2. The van der Waals surface area contributed by atoms with Crippen LogP contribution in [-0.2, 0) is 4.79 Å². The Morgan fingerprint density at radius 1 is 1.35 bits per heavy atom. The van der Waals surface area contributed by atoms with E-state index in [0.29, 0.717) is 37.5 Å². The monoisotopic (exact) mass is 238 g/mol. The second-order valence-electron chi connectivity index (χ2n) is 6.43. The molecule has 4 nitrogen and oxygen atoms in total. The average molecular weight is 238 g/mol. The van der Waals surface area contributed by atoms with Gasteiger partial charge in [0, 0.05) is 18.5 Å². The van der Waals surface area contributed by atoms with Crippen LogP contribution in [0.3, 0.4) is 0 Å². The van der Waals surface area contributed by atoms with Gasteiger partial charge in [-0.2, -0.15) is 0 Å². The first kappa shape index (κ1) is 11.5. The summed E-state index contributed by atoms with van der Waals surface area (Å²) in [6.45, 7) is 2.83. The van der Waals surface area contributed by atoms with Gasteiger partial charge in [0.1, 0.15) is 0 Å². The molecule has 17 heavy (non-hydrogen) atoms. The Morgan fingerprint density at radius 3 is 2.47 bits per heavy atom. The molecule has 2 atom stereocenters. The summed E-state index contributed by atoms with van der Waals surface area (Å²) >= 11 is 0. The van der Waals surface area contributed by atoms with Gasteiger partial charge in [-0.25, -0.2) is 0 Å². The molecule has 1 amide bonds. The van der Waals surface area contributed by atoms with E-state index in [1.807, 2.05) is 0 Å². The zero-order chi connectivity index (χ0) is 12.0. The average Bonchev–Trinajstić information content (AvgIpc) is 2.54. The molecule has 0 aromatic carbocycles. The van der Waals surface area contributed by atoms with Crippen LogP contribution in [0.2, 0.25) is 0 Å². The van der Waals surface area contributed by atoms with E-state index in [-0.39, 0.29) is 5.91 Å². The maximum absolute atomic E-state index is 12.0. The second-order valence-corrected chi connectivity index (χ2v) is 6.43. The highest BCUT2D eigenvalue weighted by Crippen LogP contribution is 2.33. The molecule has 3 aliphatic rings. The Balaban J connectivity index is 1.49. The fraction of sp³-hybridized carbons (Fsp3) is 0.923. The van der Waals surface area contributed by atoms with Gasteiger partial charge in [-0.3, -0.25) is 4.79 Å². The maximum Gasteiger partial charge on any atom is 0.223 e. The minimum absolute atomic E-state index is 0.239. The van der Waals surface area contributed by atoms with Gasteiger partial charge in [0.15, 0.2) is 0 Å².